The third kappa shape index (κ3) is 2.43. The molecular formula is C13H20NO2+. The van der Waals surface area contributed by atoms with Crippen LogP contribution in [0.2, 0.25) is 0 Å². The van der Waals surface area contributed by atoms with Crippen molar-refractivity contribution in [3.8, 4) is 0 Å². The van der Waals surface area contributed by atoms with E-state index in [2.05, 4.69) is 6.92 Å². The Morgan fingerprint density at radius 2 is 1.94 bits per heavy atom. The van der Waals surface area contributed by atoms with Crippen LogP contribution >= 0.6 is 0 Å². The maximum atomic E-state index is 10.5. The van der Waals surface area contributed by atoms with Gasteiger partial charge in [-0.15, -0.1) is 0 Å². The molecule has 1 aliphatic heterocycles. The Hall–Kier alpha value is -0.900. The van der Waals surface area contributed by atoms with E-state index in [9.17, 15) is 10.3 Å². The summed E-state index contributed by atoms with van der Waals surface area (Å²) in [5.41, 5.74) is 1.12. The Balaban J connectivity index is 2.12. The van der Waals surface area contributed by atoms with Gasteiger partial charge in [-0.1, -0.05) is 30.3 Å². The van der Waals surface area contributed by atoms with Gasteiger partial charge in [0, 0.05) is 12.0 Å². The van der Waals surface area contributed by atoms with Crippen molar-refractivity contribution in [3.63, 3.8) is 0 Å². The number of nitrogens with zero attached hydrogens (tertiary/aromatic N) is 1. The first-order valence-corrected chi connectivity index (χ1v) is 5.92. The summed E-state index contributed by atoms with van der Waals surface area (Å²) in [6.45, 7) is 3.07. The van der Waals surface area contributed by atoms with Gasteiger partial charge in [0.05, 0.1) is 0 Å². The molecule has 3 nitrogen and oxygen atoms in total. The highest BCUT2D eigenvalue weighted by Crippen LogP contribution is 2.26. The highest BCUT2D eigenvalue weighted by molar-refractivity contribution is 5.13. The van der Waals surface area contributed by atoms with Crippen LogP contribution in [0.25, 0.3) is 0 Å². The minimum absolute atomic E-state index is 0.0365. The lowest BCUT2D eigenvalue weighted by Gasteiger charge is -2.41. The quantitative estimate of drug-likeness (QED) is 0.751. The lowest BCUT2D eigenvalue weighted by atomic mass is 9.99. The van der Waals surface area contributed by atoms with Gasteiger partial charge in [0.1, 0.15) is 25.2 Å². The van der Waals surface area contributed by atoms with E-state index in [1.807, 2.05) is 30.3 Å². The van der Waals surface area contributed by atoms with Gasteiger partial charge in [0.15, 0.2) is 0 Å². The molecule has 0 spiro atoms. The molecular weight excluding hydrogens is 202 g/mol. The monoisotopic (exact) mass is 222 g/mol. The second kappa shape index (κ2) is 4.53. The number of likely N-dealkylation sites (tertiary alicyclic amines) is 1. The lowest BCUT2D eigenvalue weighted by molar-refractivity contribution is -1.13. The predicted octanol–water partition coefficient (Wildman–Crippen LogP) is 1.94. The molecule has 1 aromatic carbocycles. The van der Waals surface area contributed by atoms with Crippen molar-refractivity contribution in [2.24, 2.45) is 0 Å². The van der Waals surface area contributed by atoms with E-state index < -0.39 is 0 Å². The molecule has 88 valence electrons. The number of rotatable bonds is 2. The fraction of sp³-hybridized carbons (Fsp3) is 0.538. The van der Waals surface area contributed by atoms with Gasteiger partial charge in [0.2, 0.25) is 0 Å². The van der Waals surface area contributed by atoms with Gasteiger partial charge >= 0.3 is 0 Å². The molecule has 1 aromatic rings. The average Bonchev–Trinajstić information content (AvgIpc) is 2.25. The first-order valence-electron chi connectivity index (χ1n) is 5.92. The molecule has 0 radical (unpaired) electrons. The minimum atomic E-state index is -0.370. The molecule has 0 bridgehead atoms. The fourth-order valence-corrected chi connectivity index (χ4v) is 2.43. The van der Waals surface area contributed by atoms with Crippen LogP contribution in [0.15, 0.2) is 30.3 Å². The number of hydrogen-bond donors (Lipinski definition) is 2. The third-order valence-electron chi connectivity index (χ3n) is 3.56. The molecule has 1 aliphatic rings. The Morgan fingerprint density at radius 1 is 1.25 bits per heavy atom. The number of benzene rings is 1. The van der Waals surface area contributed by atoms with Gasteiger partial charge in [-0.05, 0) is 13.3 Å². The number of aliphatic hydroxyl groups is 1. The molecule has 2 rings (SSSR count). The summed E-state index contributed by atoms with van der Waals surface area (Å²) in [6, 6.07) is 10.2. The van der Waals surface area contributed by atoms with Crippen LogP contribution in [-0.2, 0) is 6.54 Å². The normalized spacial score (nSPS) is 34.9. The number of aliphatic hydroxyl groups excluding tert-OH is 1. The zero-order valence-corrected chi connectivity index (χ0v) is 9.71. The zero-order chi connectivity index (χ0) is 11.6. The summed E-state index contributed by atoms with van der Waals surface area (Å²) in [6.07, 6.45) is 1.31. The predicted molar refractivity (Wildman–Crippen MR) is 61.8 cm³/mol. The van der Waals surface area contributed by atoms with Crippen molar-refractivity contribution < 1.29 is 15.0 Å². The van der Waals surface area contributed by atoms with Crippen LogP contribution in [0.3, 0.4) is 0 Å². The Morgan fingerprint density at radius 3 is 2.62 bits per heavy atom. The molecule has 0 aliphatic carbocycles. The zero-order valence-electron chi connectivity index (χ0n) is 9.71. The van der Waals surface area contributed by atoms with E-state index in [4.69, 9.17) is 0 Å². The van der Waals surface area contributed by atoms with Crippen LogP contribution < -0.4 is 0 Å². The van der Waals surface area contributed by atoms with Crippen LogP contribution in [0.4, 0.5) is 0 Å². The molecule has 0 aromatic heterocycles. The molecule has 16 heavy (non-hydrogen) atoms. The van der Waals surface area contributed by atoms with Gasteiger partial charge in [0.25, 0.3) is 0 Å². The Kier molecular flexibility index (Phi) is 3.28. The van der Waals surface area contributed by atoms with Crippen LogP contribution in [0, 0.1) is 0 Å². The summed E-state index contributed by atoms with van der Waals surface area (Å²) in [5, 5.41) is 20.2. The lowest BCUT2D eigenvalue weighted by Crippen LogP contribution is -2.57. The van der Waals surface area contributed by atoms with Gasteiger partial charge in [-0.3, -0.25) is 0 Å². The molecule has 1 heterocycles. The third-order valence-corrected chi connectivity index (χ3v) is 3.56. The van der Waals surface area contributed by atoms with Crippen molar-refractivity contribution in [3.05, 3.63) is 35.9 Å². The average molecular weight is 222 g/mol. The van der Waals surface area contributed by atoms with Gasteiger partial charge < -0.3 is 5.11 Å². The summed E-state index contributed by atoms with van der Waals surface area (Å²) in [7, 11) is 0. The Bertz CT molecular complexity index is 341. The first kappa shape index (κ1) is 11.6. The topological polar surface area (TPSA) is 40.5 Å². The van der Waals surface area contributed by atoms with Gasteiger partial charge in [-0.2, -0.15) is 4.65 Å². The number of piperidine rings is 1. The summed E-state index contributed by atoms with van der Waals surface area (Å²) in [5.74, 6) is 0. The largest absolute Gasteiger partial charge is 0.387 e. The van der Waals surface area contributed by atoms with Crippen molar-refractivity contribution >= 4 is 0 Å². The highest BCUT2D eigenvalue weighted by Gasteiger charge is 2.39. The van der Waals surface area contributed by atoms with E-state index >= 15 is 0 Å². The smallest absolute Gasteiger partial charge is 0.135 e. The van der Waals surface area contributed by atoms with Crippen LogP contribution in [-0.4, -0.2) is 33.7 Å². The molecule has 0 unspecified atom stereocenters. The van der Waals surface area contributed by atoms with Crippen LogP contribution in [0.1, 0.15) is 25.3 Å². The van der Waals surface area contributed by atoms with Gasteiger partial charge in [-0.25, -0.2) is 5.21 Å². The van der Waals surface area contributed by atoms with E-state index in [0.29, 0.717) is 13.1 Å². The summed E-state index contributed by atoms with van der Waals surface area (Å²) in [4.78, 5) is 0. The van der Waals surface area contributed by atoms with E-state index in [-0.39, 0.29) is 16.8 Å². The van der Waals surface area contributed by atoms with Crippen molar-refractivity contribution in [2.45, 2.75) is 38.5 Å². The number of quaternary nitrogens is 1. The van der Waals surface area contributed by atoms with Crippen molar-refractivity contribution in [2.75, 3.05) is 6.54 Å². The Labute approximate surface area is 96.5 Å². The second-order valence-electron chi connectivity index (χ2n) is 4.89. The number of hydrogen-bond acceptors (Lipinski definition) is 2. The summed E-state index contributed by atoms with van der Waals surface area (Å²) < 4.78 is -0.0365. The minimum Gasteiger partial charge on any atom is -0.387 e. The molecule has 2 N–H and O–H groups in total. The molecule has 0 amide bonds. The van der Waals surface area contributed by atoms with E-state index in [0.717, 1.165) is 18.4 Å². The van der Waals surface area contributed by atoms with E-state index in [1.165, 1.54) is 0 Å². The van der Waals surface area contributed by atoms with Crippen molar-refractivity contribution in [1.29, 1.82) is 0 Å². The maximum Gasteiger partial charge on any atom is 0.135 e. The highest BCUT2D eigenvalue weighted by atomic mass is 16.5. The molecule has 3 heteroatoms. The maximum absolute atomic E-state index is 10.5. The molecule has 0 saturated carbocycles. The molecule has 1 saturated heterocycles. The molecule has 3 atom stereocenters. The second-order valence-corrected chi connectivity index (χ2v) is 4.89. The number of hydroxylamine groups is 3. The van der Waals surface area contributed by atoms with E-state index in [1.54, 1.807) is 0 Å². The SMILES string of the molecule is C[C@@H]1CC[C@@H](O)C[N@@+]1(O)Cc1ccccc1. The van der Waals surface area contributed by atoms with Crippen molar-refractivity contribution in [1.82, 2.24) is 0 Å². The first-order chi connectivity index (χ1) is 7.60. The fourth-order valence-electron chi connectivity index (χ4n) is 2.43. The molecule has 1 fully saturated rings. The summed E-state index contributed by atoms with van der Waals surface area (Å²) >= 11 is 0. The standard InChI is InChI=1S/C13H20NO2/c1-11-7-8-13(15)10-14(11,16)9-12-5-3-2-4-6-12/h2-6,11,13,15-16H,7-10H2,1H3/q+1/t11-,13-,14+/m1/s1. The van der Waals surface area contributed by atoms with Crippen LogP contribution in [0.5, 0.6) is 0 Å².